The highest BCUT2D eigenvalue weighted by Crippen LogP contribution is 2.15. The van der Waals surface area contributed by atoms with E-state index >= 15 is 0 Å². The van der Waals surface area contributed by atoms with Crippen LogP contribution in [0.5, 0.6) is 0 Å². The van der Waals surface area contributed by atoms with Crippen LogP contribution in [0.1, 0.15) is 104 Å². The molecule has 0 spiro atoms. The van der Waals surface area contributed by atoms with Gasteiger partial charge in [-0.15, -0.1) is 0 Å². The Hall–Kier alpha value is -1.10. The molecule has 1 unspecified atom stereocenters. The third-order valence-corrected chi connectivity index (χ3v) is 4.58. The van der Waals surface area contributed by atoms with Crippen LogP contribution >= 0.6 is 0 Å². The van der Waals surface area contributed by atoms with Gasteiger partial charge in [-0.25, -0.2) is 0 Å². The summed E-state index contributed by atoms with van der Waals surface area (Å²) in [7, 11) is 1.69. The second kappa shape index (κ2) is 19.7. The van der Waals surface area contributed by atoms with Crippen LogP contribution in [0.2, 0.25) is 0 Å². The maximum atomic E-state index is 12.1. The van der Waals surface area contributed by atoms with Crippen molar-refractivity contribution in [3.8, 4) is 0 Å². The highest BCUT2D eigenvalue weighted by molar-refractivity contribution is 5.72. The van der Waals surface area contributed by atoms with Gasteiger partial charge in [-0.1, -0.05) is 52.4 Å². The van der Waals surface area contributed by atoms with E-state index in [1.165, 1.54) is 32.1 Å². The van der Waals surface area contributed by atoms with Gasteiger partial charge in [-0.3, -0.25) is 9.59 Å². The van der Waals surface area contributed by atoms with Gasteiger partial charge in [-0.2, -0.15) is 0 Å². The van der Waals surface area contributed by atoms with Crippen molar-refractivity contribution in [2.45, 2.75) is 110 Å². The number of carbonyl (C=O) groups excluding carboxylic acids is 2. The fourth-order valence-electron chi connectivity index (χ4n) is 2.93. The minimum absolute atomic E-state index is 0.0324. The van der Waals surface area contributed by atoms with E-state index in [0.29, 0.717) is 19.6 Å². The van der Waals surface area contributed by atoms with E-state index in [4.69, 9.17) is 14.2 Å². The summed E-state index contributed by atoms with van der Waals surface area (Å²) in [6, 6.07) is 0. The quantitative estimate of drug-likeness (QED) is 0.214. The van der Waals surface area contributed by atoms with E-state index in [2.05, 4.69) is 13.8 Å². The molecule has 0 radical (unpaired) electrons. The van der Waals surface area contributed by atoms with Crippen molar-refractivity contribution in [1.82, 2.24) is 0 Å². The summed E-state index contributed by atoms with van der Waals surface area (Å²) in [6.07, 6.45) is 12.7. The van der Waals surface area contributed by atoms with Gasteiger partial charge in [0.25, 0.3) is 0 Å². The largest absolute Gasteiger partial charge is 0.466 e. The highest BCUT2D eigenvalue weighted by Gasteiger charge is 2.15. The summed E-state index contributed by atoms with van der Waals surface area (Å²) in [5, 5.41) is 0. The molecule has 0 saturated heterocycles. The molecule has 0 aromatic rings. The van der Waals surface area contributed by atoms with Crippen LogP contribution in [0.25, 0.3) is 0 Å². The number of carbonyl (C=O) groups is 2. The van der Waals surface area contributed by atoms with Gasteiger partial charge in [-0.05, 0) is 38.5 Å². The van der Waals surface area contributed by atoms with E-state index in [0.717, 1.165) is 38.5 Å². The Kier molecular flexibility index (Phi) is 18.9. The zero-order chi connectivity index (χ0) is 20.2. The molecule has 0 bridgehead atoms. The predicted molar refractivity (Wildman–Crippen MR) is 109 cm³/mol. The summed E-state index contributed by atoms with van der Waals surface area (Å²) < 4.78 is 15.9. The highest BCUT2D eigenvalue weighted by atomic mass is 16.5. The molecule has 27 heavy (non-hydrogen) atoms. The van der Waals surface area contributed by atoms with E-state index in [-0.39, 0.29) is 30.9 Å². The zero-order valence-corrected chi connectivity index (χ0v) is 17.9. The molecule has 1 atom stereocenters. The van der Waals surface area contributed by atoms with Crippen LogP contribution in [-0.4, -0.2) is 38.4 Å². The Morgan fingerprint density at radius 2 is 1.33 bits per heavy atom. The molecule has 0 fully saturated rings. The van der Waals surface area contributed by atoms with E-state index in [1.807, 2.05) is 0 Å². The van der Waals surface area contributed by atoms with Crippen molar-refractivity contribution in [2.75, 3.05) is 20.3 Å². The molecule has 0 aromatic carbocycles. The molecule has 0 N–H and O–H groups in total. The minimum Gasteiger partial charge on any atom is -0.466 e. The number of ether oxygens (including phenoxy) is 3. The smallest absolute Gasteiger partial charge is 0.306 e. The molecule has 0 aliphatic carbocycles. The minimum atomic E-state index is -0.212. The first-order valence-electron chi connectivity index (χ1n) is 11.0. The summed E-state index contributed by atoms with van der Waals surface area (Å²) >= 11 is 0. The van der Waals surface area contributed by atoms with E-state index < -0.39 is 0 Å². The first-order valence-corrected chi connectivity index (χ1v) is 11.0. The molecule has 0 aliphatic heterocycles. The van der Waals surface area contributed by atoms with Crippen LogP contribution in [0, 0.1) is 0 Å². The Balaban J connectivity index is 3.92. The average molecular weight is 387 g/mol. The van der Waals surface area contributed by atoms with Crippen LogP contribution in [0.15, 0.2) is 0 Å². The summed E-state index contributed by atoms with van der Waals surface area (Å²) in [5.41, 5.74) is 0. The molecular formula is C22H42O5. The van der Waals surface area contributed by atoms with Crippen molar-refractivity contribution in [1.29, 1.82) is 0 Å². The molecule has 0 aromatic heterocycles. The lowest BCUT2D eigenvalue weighted by Gasteiger charge is -2.18. The molecule has 0 aliphatic rings. The molecule has 0 amide bonds. The number of hydrogen-bond donors (Lipinski definition) is 0. The molecule has 0 rings (SSSR count). The van der Waals surface area contributed by atoms with Crippen LogP contribution in [0.3, 0.4) is 0 Å². The lowest BCUT2D eigenvalue weighted by molar-refractivity contribution is -0.150. The fourth-order valence-corrected chi connectivity index (χ4v) is 2.93. The third kappa shape index (κ3) is 18.0. The van der Waals surface area contributed by atoms with Crippen molar-refractivity contribution in [3.05, 3.63) is 0 Å². The van der Waals surface area contributed by atoms with Gasteiger partial charge in [0.05, 0.1) is 6.61 Å². The molecule has 5 nitrogen and oxygen atoms in total. The molecule has 0 heterocycles. The molecular weight excluding hydrogens is 344 g/mol. The number of methoxy groups -OCH3 is 1. The summed E-state index contributed by atoms with van der Waals surface area (Å²) in [6.45, 7) is 5.51. The third-order valence-electron chi connectivity index (χ3n) is 4.58. The van der Waals surface area contributed by atoms with Gasteiger partial charge in [0.15, 0.2) is 0 Å². The molecule has 160 valence electrons. The van der Waals surface area contributed by atoms with Crippen molar-refractivity contribution in [2.24, 2.45) is 0 Å². The lowest BCUT2D eigenvalue weighted by Crippen LogP contribution is -2.19. The van der Waals surface area contributed by atoms with Crippen molar-refractivity contribution in [3.63, 3.8) is 0 Å². The number of esters is 2. The first kappa shape index (κ1) is 25.9. The Bertz CT molecular complexity index is 357. The number of unbranched alkanes of at least 4 members (excludes halogenated alkanes) is 6. The van der Waals surface area contributed by atoms with Crippen molar-refractivity contribution >= 4 is 11.9 Å². The topological polar surface area (TPSA) is 61.8 Å². The van der Waals surface area contributed by atoms with Gasteiger partial charge in [0.2, 0.25) is 0 Å². The Morgan fingerprint density at radius 1 is 0.704 bits per heavy atom. The maximum Gasteiger partial charge on any atom is 0.306 e. The van der Waals surface area contributed by atoms with Gasteiger partial charge in [0.1, 0.15) is 6.10 Å². The lowest BCUT2D eigenvalue weighted by atomic mass is 10.1. The van der Waals surface area contributed by atoms with Gasteiger partial charge in [0, 0.05) is 26.6 Å². The fraction of sp³-hybridized carbons (Fsp3) is 0.909. The monoisotopic (exact) mass is 386 g/mol. The average Bonchev–Trinajstić information content (AvgIpc) is 2.65. The van der Waals surface area contributed by atoms with Gasteiger partial charge < -0.3 is 14.2 Å². The molecule has 5 heteroatoms. The Labute approximate surface area is 166 Å². The van der Waals surface area contributed by atoms with Crippen molar-refractivity contribution < 1.29 is 23.8 Å². The normalized spacial score (nSPS) is 12.0. The SMILES string of the molecule is CCCCCCOC(=O)CCCC(=O)OC(CCCCCC)CCCOC. The number of hydrogen-bond acceptors (Lipinski definition) is 5. The standard InChI is InChI=1S/C22H42O5/c1-4-6-8-10-14-20(15-13-18-25-3)27-22(24)17-12-16-21(23)26-19-11-9-7-5-2/h20H,4-19H2,1-3H3. The second-order valence-corrected chi connectivity index (χ2v) is 7.23. The van der Waals surface area contributed by atoms with E-state index in [9.17, 15) is 9.59 Å². The Morgan fingerprint density at radius 3 is 2.00 bits per heavy atom. The van der Waals surface area contributed by atoms with E-state index in [1.54, 1.807) is 7.11 Å². The van der Waals surface area contributed by atoms with Gasteiger partial charge >= 0.3 is 11.9 Å². The number of rotatable bonds is 19. The summed E-state index contributed by atoms with van der Waals surface area (Å²) in [4.78, 5) is 23.8. The summed E-state index contributed by atoms with van der Waals surface area (Å²) in [5.74, 6) is -0.417. The van der Waals surface area contributed by atoms with Crippen LogP contribution < -0.4 is 0 Å². The maximum absolute atomic E-state index is 12.1. The second-order valence-electron chi connectivity index (χ2n) is 7.23. The van der Waals surface area contributed by atoms with Crippen LogP contribution in [-0.2, 0) is 23.8 Å². The zero-order valence-electron chi connectivity index (χ0n) is 17.9. The first-order chi connectivity index (χ1) is 13.1. The van der Waals surface area contributed by atoms with Crippen LogP contribution in [0.4, 0.5) is 0 Å². The molecule has 0 saturated carbocycles. The predicted octanol–water partition coefficient (Wildman–Crippen LogP) is 5.59.